The second kappa shape index (κ2) is 8.73. The second-order valence-corrected chi connectivity index (χ2v) is 7.35. The molecule has 0 aliphatic carbocycles. The van der Waals surface area contributed by atoms with Gasteiger partial charge in [0.2, 0.25) is 5.91 Å². The molecule has 2 aromatic rings. The van der Waals surface area contributed by atoms with Crippen molar-refractivity contribution in [3.63, 3.8) is 0 Å². The van der Waals surface area contributed by atoms with Gasteiger partial charge < -0.3 is 21.7 Å². The summed E-state index contributed by atoms with van der Waals surface area (Å²) < 4.78 is 0. The molecule has 148 valence electrons. The van der Waals surface area contributed by atoms with Gasteiger partial charge in [-0.05, 0) is 56.0 Å². The lowest BCUT2D eigenvalue weighted by Gasteiger charge is -2.32. The summed E-state index contributed by atoms with van der Waals surface area (Å²) in [5.41, 5.74) is 15.8. The van der Waals surface area contributed by atoms with Crippen LogP contribution in [0.4, 0.5) is 11.5 Å². The van der Waals surface area contributed by atoms with E-state index in [1.165, 1.54) is 11.1 Å². The monoisotopic (exact) mass is 380 g/mol. The lowest BCUT2D eigenvalue weighted by molar-refractivity contribution is -0.122. The van der Waals surface area contributed by atoms with E-state index in [4.69, 9.17) is 11.5 Å². The summed E-state index contributed by atoms with van der Waals surface area (Å²) in [6.07, 6.45) is 3.29. The lowest BCUT2D eigenvalue weighted by atomic mass is 9.96. The molecule has 1 fully saturated rings. The highest BCUT2D eigenvalue weighted by Crippen LogP contribution is 2.25. The van der Waals surface area contributed by atoms with Crippen molar-refractivity contribution in [2.24, 2.45) is 22.4 Å². The van der Waals surface area contributed by atoms with E-state index in [0.717, 1.165) is 43.0 Å². The summed E-state index contributed by atoms with van der Waals surface area (Å²) in [7, 11) is 0. The van der Waals surface area contributed by atoms with Crippen molar-refractivity contribution in [3.05, 3.63) is 53.2 Å². The summed E-state index contributed by atoms with van der Waals surface area (Å²) in [6, 6.07) is 10.1. The Kier molecular flexibility index (Phi) is 6.13. The number of guanidine groups is 1. The molecule has 1 aromatic carbocycles. The van der Waals surface area contributed by atoms with Crippen LogP contribution in [-0.4, -0.2) is 29.9 Å². The minimum Gasteiger partial charge on any atom is -0.370 e. The Morgan fingerprint density at radius 2 is 1.89 bits per heavy atom. The predicted molar refractivity (Wildman–Crippen MR) is 113 cm³/mol. The van der Waals surface area contributed by atoms with Gasteiger partial charge in [-0.2, -0.15) is 0 Å². The van der Waals surface area contributed by atoms with E-state index in [0.29, 0.717) is 12.5 Å². The maximum atomic E-state index is 11.4. The molecule has 0 bridgehead atoms. The number of nitrogens with one attached hydrogen (secondary N) is 1. The molecule has 7 nitrogen and oxygen atoms in total. The van der Waals surface area contributed by atoms with Crippen LogP contribution in [-0.2, 0) is 11.3 Å². The maximum absolute atomic E-state index is 11.4. The van der Waals surface area contributed by atoms with Crippen LogP contribution < -0.4 is 21.7 Å². The summed E-state index contributed by atoms with van der Waals surface area (Å²) in [5, 5.41) is 3.15. The highest BCUT2D eigenvalue weighted by molar-refractivity contribution is 5.92. The molecule has 0 unspecified atom stereocenters. The third kappa shape index (κ3) is 5.00. The van der Waals surface area contributed by atoms with Crippen molar-refractivity contribution in [3.8, 4) is 0 Å². The Bertz CT molecular complexity index is 851. The number of hydrogen-bond acceptors (Lipinski definition) is 4. The SMILES string of the molecule is Cc1cc(C)cc(NC(N)=NCc2cccnc2N2CCC(C(N)=O)CC2)c1. The van der Waals surface area contributed by atoms with E-state index >= 15 is 0 Å². The van der Waals surface area contributed by atoms with Gasteiger partial charge in [-0.1, -0.05) is 12.1 Å². The number of carbonyl (C=O) groups is 1. The van der Waals surface area contributed by atoms with Crippen LogP contribution in [0.2, 0.25) is 0 Å². The van der Waals surface area contributed by atoms with Crippen molar-refractivity contribution in [1.29, 1.82) is 0 Å². The third-order valence-corrected chi connectivity index (χ3v) is 4.98. The van der Waals surface area contributed by atoms with Crippen LogP contribution in [0.3, 0.4) is 0 Å². The quantitative estimate of drug-likeness (QED) is 0.545. The topological polar surface area (TPSA) is 110 Å². The molecular weight excluding hydrogens is 352 g/mol. The molecule has 1 aliphatic rings. The fourth-order valence-electron chi connectivity index (χ4n) is 3.62. The molecule has 1 saturated heterocycles. The molecule has 7 heteroatoms. The Balaban J connectivity index is 1.67. The fraction of sp³-hybridized carbons (Fsp3) is 0.381. The van der Waals surface area contributed by atoms with Crippen LogP contribution in [0.15, 0.2) is 41.5 Å². The first-order chi connectivity index (χ1) is 13.4. The van der Waals surface area contributed by atoms with Crippen LogP contribution in [0.25, 0.3) is 0 Å². The molecule has 0 radical (unpaired) electrons. The van der Waals surface area contributed by atoms with E-state index < -0.39 is 0 Å². The summed E-state index contributed by atoms with van der Waals surface area (Å²) in [5.74, 6) is 1.01. The number of primary amides is 1. The summed E-state index contributed by atoms with van der Waals surface area (Å²) in [4.78, 5) is 22.6. The molecule has 2 heterocycles. The molecule has 28 heavy (non-hydrogen) atoms. The highest BCUT2D eigenvalue weighted by Gasteiger charge is 2.24. The standard InChI is InChI=1S/C21H28N6O/c1-14-10-15(2)12-18(11-14)26-21(23)25-13-17-4-3-7-24-20(17)27-8-5-16(6-9-27)19(22)28/h3-4,7,10-12,16H,5-6,8-9,13H2,1-2H3,(H2,22,28)(H3,23,25,26). The number of nitrogens with zero attached hydrogens (tertiary/aromatic N) is 3. The van der Waals surface area contributed by atoms with Crippen molar-refractivity contribution < 1.29 is 4.79 Å². The highest BCUT2D eigenvalue weighted by atomic mass is 16.1. The van der Waals surface area contributed by atoms with E-state index in [9.17, 15) is 4.79 Å². The van der Waals surface area contributed by atoms with E-state index in [1.54, 1.807) is 6.20 Å². The molecule has 5 N–H and O–H groups in total. The van der Waals surface area contributed by atoms with Crippen molar-refractivity contribution in [2.75, 3.05) is 23.3 Å². The first-order valence-corrected chi connectivity index (χ1v) is 9.56. The summed E-state index contributed by atoms with van der Waals surface area (Å²) in [6.45, 7) is 6.06. The molecule has 0 spiro atoms. The molecule has 0 saturated carbocycles. The van der Waals surface area contributed by atoms with Crippen molar-refractivity contribution in [1.82, 2.24) is 4.98 Å². The number of nitrogens with two attached hydrogens (primary N) is 2. The molecule has 3 rings (SSSR count). The van der Waals surface area contributed by atoms with Crippen LogP contribution in [0.1, 0.15) is 29.5 Å². The normalized spacial score (nSPS) is 15.5. The van der Waals surface area contributed by atoms with Gasteiger partial charge in [0.25, 0.3) is 0 Å². The number of rotatable bonds is 5. The average Bonchev–Trinajstić information content (AvgIpc) is 2.66. The maximum Gasteiger partial charge on any atom is 0.220 e. The minimum atomic E-state index is -0.212. The lowest BCUT2D eigenvalue weighted by Crippen LogP contribution is -2.39. The van der Waals surface area contributed by atoms with Gasteiger partial charge in [-0.3, -0.25) is 4.79 Å². The number of aryl methyl sites for hydroxylation is 2. The van der Waals surface area contributed by atoms with Crippen molar-refractivity contribution >= 4 is 23.4 Å². The van der Waals surface area contributed by atoms with Crippen LogP contribution in [0, 0.1) is 19.8 Å². The molecule has 1 aliphatic heterocycles. The van der Waals surface area contributed by atoms with Gasteiger partial charge in [-0.25, -0.2) is 9.98 Å². The first kappa shape index (κ1) is 19.7. The van der Waals surface area contributed by atoms with Crippen LogP contribution in [0.5, 0.6) is 0 Å². The largest absolute Gasteiger partial charge is 0.370 e. The zero-order valence-corrected chi connectivity index (χ0v) is 16.5. The Morgan fingerprint density at radius 3 is 2.54 bits per heavy atom. The number of hydrogen-bond donors (Lipinski definition) is 3. The smallest absolute Gasteiger partial charge is 0.220 e. The van der Waals surface area contributed by atoms with E-state index in [1.807, 2.05) is 24.3 Å². The molecule has 0 atom stereocenters. The summed E-state index contributed by atoms with van der Waals surface area (Å²) >= 11 is 0. The zero-order valence-electron chi connectivity index (χ0n) is 16.5. The number of carbonyl (C=O) groups excluding carboxylic acids is 1. The van der Waals surface area contributed by atoms with Gasteiger partial charge in [0, 0.05) is 36.5 Å². The number of pyridine rings is 1. The van der Waals surface area contributed by atoms with Crippen LogP contribution >= 0.6 is 0 Å². The number of anilines is 2. The first-order valence-electron chi connectivity index (χ1n) is 9.56. The number of amides is 1. The number of piperidine rings is 1. The Morgan fingerprint density at radius 1 is 1.21 bits per heavy atom. The van der Waals surface area contributed by atoms with Gasteiger partial charge in [0.1, 0.15) is 5.82 Å². The second-order valence-electron chi connectivity index (χ2n) is 7.35. The van der Waals surface area contributed by atoms with Gasteiger partial charge in [-0.15, -0.1) is 0 Å². The van der Waals surface area contributed by atoms with Gasteiger partial charge in [0.15, 0.2) is 5.96 Å². The van der Waals surface area contributed by atoms with Crippen molar-refractivity contribution in [2.45, 2.75) is 33.2 Å². The predicted octanol–water partition coefficient (Wildman–Crippen LogP) is 2.33. The molecule has 1 amide bonds. The number of benzene rings is 1. The Labute approximate surface area is 165 Å². The minimum absolute atomic E-state index is 0.0425. The Hall–Kier alpha value is -3.09. The van der Waals surface area contributed by atoms with E-state index in [2.05, 4.69) is 40.1 Å². The van der Waals surface area contributed by atoms with E-state index in [-0.39, 0.29) is 11.8 Å². The van der Waals surface area contributed by atoms with Gasteiger partial charge >= 0.3 is 0 Å². The number of aliphatic imine (C=N–C) groups is 1. The molecule has 1 aromatic heterocycles. The average molecular weight is 380 g/mol. The number of aromatic nitrogens is 1. The fourth-order valence-corrected chi connectivity index (χ4v) is 3.62. The zero-order chi connectivity index (χ0) is 20.1. The molecular formula is C21H28N6O. The third-order valence-electron chi connectivity index (χ3n) is 4.98. The van der Waals surface area contributed by atoms with Gasteiger partial charge in [0.05, 0.1) is 6.54 Å².